The monoisotopic (exact) mass is 933 g/mol. The number of nitriles is 1. The van der Waals surface area contributed by atoms with Gasteiger partial charge < -0.3 is 15.1 Å². The molecule has 0 fully saturated rings. The topological polar surface area (TPSA) is 106 Å². The van der Waals surface area contributed by atoms with Gasteiger partial charge in [0, 0.05) is 36.6 Å². The summed E-state index contributed by atoms with van der Waals surface area (Å²) < 4.78 is 0. The molecule has 2 N–H and O–H groups in total. The fourth-order valence-corrected chi connectivity index (χ4v) is 9.77. The molecule has 69 heavy (non-hydrogen) atoms. The van der Waals surface area contributed by atoms with E-state index in [2.05, 4.69) is 139 Å². The number of thiophene rings is 2. The minimum Gasteiger partial charge on any atom is -0.486 e. The van der Waals surface area contributed by atoms with Gasteiger partial charge in [-0.25, -0.2) is 9.64 Å². The van der Waals surface area contributed by atoms with E-state index in [1.807, 2.05) is 84.9 Å². The lowest BCUT2D eigenvalue weighted by Gasteiger charge is -2.26. The Hall–Kier alpha value is -8.86. The second-order valence-corrected chi connectivity index (χ2v) is 18.3. The van der Waals surface area contributed by atoms with Crippen LogP contribution in [0.3, 0.4) is 0 Å². The number of carbonyl (C=O) groups is 2. The summed E-state index contributed by atoms with van der Waals surface area (Å²) in [6, 6.07) is 61.2. The highest BCUT2D eigenvalue weighted by atomic mass is 32.1. The molecule has 334 valence electrons. The Morgan fingerprint density at radius 2 is 0.971 bits per heavy atom. The summed E-state index contributed by atoms with van der Waals surface area (Å²) in [5.74, 6) is -2.52. The summed E-state index contributed by atoms with van der Waals surface area (Å²) >= 11 is 2.85. The first-order valence-electron chi connectivity index (χ1n) is 21.8. The first kappa shape index (κ1) is 46.7. The van der Waals surface area contributed by atoms with Gasteiger partial charge in [-0.3, -0.25) is 4.79 Å². The lowest BCUT2D eigenvalue weighted by atomic mass is 10.0. The number of nitrogens with zero attached hydrogens (tertiary/aromatic N) is 3. The van der Waals surface area contributed by atoms with Gasteiger partial charge >= 0.3 is 11.9 Å². The molecule has 0 unspecified atom stereocenters. The van der Waals surface area contributed by atoms with Crippen molar-refractivity contribution in [2.24, 2.45) is 0 Å². The number of rotatable bonds is 15. The second kappa shape index (κ2) is 21.6. The van der Waals surface area contributed by atoms with E-state index in [4.69, 9.17) is 6.57 Å². The van der Waals surface area contributed by atoms with Crippen molar-refractivity contribution >= 4 is 99.3 Å². The number of aliphatic carboxylic acids is 2. The van der Waals surface area contributed by atoms with Gasteiger partial charge in [0.25, 0.3) is 5.70 Å². The van der Waals surface area contributed by atoms with E-state index in [1.54, 1.807) is 6.07 Å². The molecule has 0 radical (unpaired) electrons. The van der Waals surface area contributed by atoms with Crippen molar-refractivity contribution in [1.29, 1.82) is 5.26 Å². The highest BCUT2D eigenvalue weighted by Gasteiger charge is 2.16. The van der Waals surface area contributed by atoms with Crippen molar-refractivity contribution < 1.29 is 19.8 Å². The molecule has 6 aromatic carbocycles. The van der Waals surface area contributed by atoms with Crippen LogP contribution in [0.15, 0.2) is 187 Å². The molecule has 0 spiro atoms. The zero-order valence-corrected chi connectivity index (χ0v) is 39.2. The predicted molar refractivity (Wildman–Crippen MR) is 285 cm³/mol. The van der Waals surface area contributed by atoms with Crippen molar-refractivity contribution in [3.05, 3.63) is 263 Å². The zero-order chi connectivity index (χ0) is 48.3. The molecule has 0 aliphatic carbocycles. The van der Waals surface area contributed by atoms with E-state index >= 15 is 0 Å². The van der Waals surface area contributed by atoms with Gasteiger partial charge in [0.2, 0.25) is 0 Å². The smallest absolute Gasteiger partial charge is 0.346 e. The third kappa shape index (κ3) is 11.8. The molecule has 7 nitrogen and oxygen atoms in total. The van der Waals surface area contributed by atoms with Gasteiger partial charge in [0.05, 0.1) is 6.57 Å². The summed E-state index contributed by atoms with van der Waals surface area (Å²) in [7, 11) is 0. The van der Waals surface area contributed by atoms with Gasteiger partial charge in [-0.2, -0.15) is 5.26 Å². The maximum atomic E-state index is 11.6. The van der Waals surface area contributed by atoms with Crippen molar-refractivity contribution in [2.45, 2.75) is 13.8 Å². The molecule has 0 saturated carbocycles. The average molecular weight is 934 g/mol. The fraction of sp³-hybridized carbons (Fsp3) is 0.0333. The van der Waals surface area contributed by atoms with Crippen molar-refractivity contribution in [1.82, 2.24) is 0 Å². The Labute approximate surface area is 409 Å². The van der Waals surface area contributed by atoms with Crippen LogP contribution in [0.25, 0.3) is 52.4 Å². The molecule has 0 aliphatic heterocycles. The second-order valence-electron chi connectivity index (χ2n) is 16.0. The molecule has 0 amide bonds. The number of benzene rings is 6. The van der Waals surface area contributed by atoms with Crippen LogP contribution in [0, 0.1) is 31.8 Å². The summed E-state index contributed by atoms with van der Waals surface area (Å²) in [5.41, 5.74) is 12.7. The quantitative estimate of drug-likeness (QED) is 0.0459. The van der Waals surface area contributed by atoms with Gasteiger partial charge in [0.1, 0.15) is 11.6 Å². The highest BCUT2D eigenvalue weighted by molar-refractivity contribution is 7.14. The van der Waals surface area contributed by atoms with Crippen LogP contribution < -0.4 is 4.90 Å². The normalized spacial score (nSPS) is 12.1. The van der Waals surface area contributed by atoms with E-state index in [-0.39, 0.29) is 11.3 Å². The van der Waals surface area contributed by atoms with Gasteiger partial charge in [-0.05, 0) is 143 Å². The minimum absolute atomic E-state index is 0.321. The summed E-state index contributed by atoms with van der Waals surface area (Å²) in [4.78, 5) is 31.8. The van der Waals surface area contributed by atoms with Crippen LogP contribution in [0.5, 0.6) is 0 Å². The molecule has 0 aliphatic rings. The van der Waals surface area contributed by atoms with Crippen molar-refractivity contribution in [3.63, 3.8) is 0 Å². The molecule has 0 saturated heterocycles. The van der Waals surface area contributed by atoms with Gasteiger partial charge in [0.15, 0.2) is 0 Å². The number of hydrogen-bond acceptors (Lipinski definition) is 6. The Bertz CT molecular complexity index is 3200. The Morgan fingerprint density at radius 1 is 0.536 bits per heavy atom. The third-order valence-corrected chi connectivity index (χ3v) is 13.1. The summed E-state index contributed by atoms with van der Waals surface area (Å²) in [6.07, 6.45) is 11.3. The standard InChI is InChI=1S/C60H43N3O4S2/c1-40-32-41(2)34-45(33-40)15-14-42-16-22-49(23-17-42)63(50-24-18-43(19-25-50)35-54(46-10-6-4-7-11-46)57-30-28-52(68-57)37-48(39-61)59(64)65)51-26-20-44(21-27-51)36-55(47-12-8-5-9-13-47)58-31-29-53(69-58)38-56(62-3)60(66)67/h4-38H,1-2H3,(H,64,65)(H,66,67)/b15-14+,48-37+,54-35+,55-36+,56-38-. The van der Waals surface area contributed by atoms with E-state index in [0.717, 1.165) is 71.3 Å². The zero-order valence-electron chi connectivity index (χ0n) is 37.6. The molecule has 2 heterocycles. The first-order valence-corrected chi connectivity index (χ1v) is 23.5. The van der Waals surface area contributed by atoms with Gasteiger partial charge in [-0.15, -0.1) is 22.7 Å². The number of anilines is 3. The predicted octanol–water partition coefficient (Wildman–Crippen LogP) is 15.6. The lowest BCUT2D eigenvalue weighted by molar-refractivity contribution is -0.133. The SMILES string of the molecule is [C-]#[N+]/C(=C\c1ccc(/C(=C/c2ccc(N(c3ccc(/C=C/c4cc(C)cc(C)c4)cc3)c3ccc(/C=C(\c4ccccc4)c4ccc(/C=C(\C#N)C(=O)O)s4)cc3)cc2)c2ccccc2)s1)C(=O)O. The van der Waals surface area contributed by atoms with E-state index in [9.17, 15) is 25.1 Å². The number of hydrogen-bond donors (Lipinski definition) is 2. The largest absolute Gasteiger partial charge is 0.486 e. The van der Waals surface area contributed by atoms with Gasteiger partial charge in [-0.1, -0.05) is 139 Å². The van der Waals surface area contributed by atoms with Crippen LogP contribution in [0.2, 0.25) is 0 Å². The number of aryl methyl sites for hydroxylation is 2. The van der Waals surface area contributed by atoms with E-state index < -0.39 is 11.9 Å². The average Bonchev–Trinajstić information content (AvgIpc) is 4.04. The maximum absolute atomic E-state index is 11.6. The molecular formula is C60H43N3O4S2. The fourth-order valence-electron chi connectivity index (χ4n) is 7.79. The maximum Gasteiger partial charge on any atom is 0.346 e. The highest BCUT2D eigenvalue weighted by Crippen LogP contribution is 2.38. The molecule has 9 heteroatoms. The summed E-state index contributed by atoms with van der Waals surface area (Å²) in [5, 5.41) is 28.3. The summed E-state index contributed by atoms with van der Waals surface area (Å²) in [6.45, 7) is 11.5. The van der Waals surface area contributed by atoms with Crippen molar-refractivity contribution in [2.75, 3.05) is 4.90 Å². The van der Waals surface area contributed by atoms with Crippen LogP contribution >= 0.6 is 22.7 Å². The van der Waals surface area contributed by atoms with Crippen LogP contribution in [-0.4, -0.2) is 22.2 Å². The Kier molecular flexibility index (Phi) is 14.6. The lowest BCUT2D eigenvalue weighted by Crippen LogP contribution is -2.09. The molecule has 0 bridgehead atoms. The number of carboxylic acid groups (broad SMARTS) is 2. The van der Waals surface area contributed by atoms with E-state index in [0.29, 0.717) is 9.75 Å². The third-order valence-electron chi connectivity index (χ3n) is 11.0. The minimum atomic E-state index is -1.26. The Balaban J connectivity index is 1.16. The molecule has 0 atom stereocenters. The van der Waals surface area contributed by atoms with E-state index in [1.165, 1.54) is 46.0 Å². The van der Waals surface area contributed by atoms with Crippen molar-refractivity contribution in [3.8, 4) is 6.07 Å². The molecule has 8 rings (SSSR count). The molecule has 8 aromatic rings. The Morgan fingerprint density at radius 3 is 1.39 bits per heavy atom. The number of carboxylic acids is 2. The molecular weight excluding hydrogens is 891 g/mol. The molecule has 2 aromatic heterocycles. The first-order chi connectivity index (χ1) is 33.5. The van der Waals surface area contributed by atoms with Crippen LogP contribution in [0.4, 0.5) is 17.1 Å². The van der Waals surface area contributed by atoms with Crippen LogP contribution in [-0.2, 0) is 9.59 Å². The van der Waals surface area contributed by atoms with Crippen LogP contribution in [0.1, 0.15) is 64.0 Å².